The van der Waals surface area contributed by atoms with Crippen LogP contribution in [0.15, 0.2) is 84.3 Å². The van der Waals surface area contributed by atoms with Crippen LogP contribution >= 0.6 is 0 Å². The zero-order valence-electron chi connectivity index (χ0n) is 18.9. The van der Waals surface area contributed by atoms with Crippen LogP contribution in [0.1, 0.15) is 56.5 Å². The Bertz CT molecular complexity index is 1020. The van der Waals surface area contributed by atoms with E-state index in [0.29, 0.717) is 12.1 Å². The summed E-state index contributed by atoms with van der Waals surface area (Å²) < 4.78 is 1.94. The number of benzene rings is 1. The number of carboxylic acid groups (broad SMARTS) is 1. The molecule has 1 aliphatic rings. The van der Waals surface area contributed by atoms with E-state index in [1.165, 1.54) is 5.57 Å². The molecular formula is C27H32N2O2. The van der Waals surface area contributed by atoms with Gasteiger partial charge in [-0.05, 0) is 58.6 Å². The maximum Gasteiger partial charge on any atom is 0.335 e. The minimum absolute atomic E-state index is 0.0987. The molecule has 0 aliphatic heterocycles. The zero-order valence-corrected chi connectivity index (χ0v) is 18.9. The Hall–Kier alpha value is -3.14. The normalized spacial score (nSPS) is 22.8. The lowest BCUT2D eigenvalue weighted by atomic mass is 9.77. The van der Waals surface area contributed by atoms with E-state index in [2.05, 4.69) is 63.2 Å². The fraction of sp³-hybridized carbons (Fsp3) is 0.333. The van der Waals surface area contributed by atoms with E-state index in [9.17, 15) is 4.79 Å². The third kappa shape index (κ3) is 6.68. The van der Waals surface area contributed by atoms with Crippen LogP contribution in [0.2, 0.25) is 0 Å². The molecule has 4 nitrogen and oxygen atoms in total. The second kappa shape index (κ2) is 9.34. The largest absolute Gasteiger partial charge is 0.478 e. The summed E-state index contributed by atoms with van der Waals surface area (Å²) in [6.45, 7) is 9.82. The summed E-state index contributed by atoms with van der Waals surface area (Å²) in [7, 11) is 0. The van der Waals surface area contributed by atoms with Gasteiger partial charge in [0.2, 0.25) is 0 Å². The van der Waals surface area contributed by atoms with Gasteiger partial charge in [0, 0.05) is 12.4 Å². The molecule has 0 atom stereocenters. The number of allylic oxidation sites excluding steroid dienone is 7. The van der Waals surface area contributed by atoms with Crippen LogP contribution in [0.5, 0.6) is 0 Å². The molecule has 31 heavy (non-hydrogen) atoms. The molecule has 0 bridgehead atoms. The highest BCUT2D eigenvalue weighted by atomic mass is 16.4. The summed E-state index contributed by atoms with van der Waals surface area (Å²) in [5, 5.41) is 13.5. The van der Waals surface area contributed by atoms with Gasteiger partial charge in [-0.2, -0.15) is 5.10 Å². The maximum atomic E-state index is 11.1. The maximum absolute atomic E-state index is 11.1. The topological polar surface area (TPSA) is 55.1 Å². The predicted octanol–water partition coefficient (Wildman–Crippen LogP) is 6.55. The van der Waals surface area contributed by atoms with Crippen LogP contribution in [0.3, 0.4) is 0 Å². The molecule has 162 valence electrons. The number of aromatic nitrogens is 2. The van der Waals surface area contributed by atoms with Gasteiger partial charge < -0.3 is 5.11 Å². The number of hydrogen-bond donors (Lipinski definition) is 1. The lowest BCUT2D eigenvalue weighted by Gasteiger charge is -2.28. The Morgan fingerprint density at radius 2 is 1.68 bits per heavy atom. The second-order valence-corrected chi connectivity index (χ2v) is 9.59. The molecule has 0 saturated carbocycles. The summed E-state index contributed by atoms with van der Waals surface area (Å²) in [5.41, 5.74) is 3.77. The molecule has 1 aromatic heterocycles. The lowest BCUT2D eigenvalue weighted by Crippen LogP contribution is -2.16. The highest BCUT2D eigenvalue weighted by Crippen LogP contribution is 2.35. The van der Waals surface area contributed by atoms with E-state index in [4.69, 9.17) is 5.11 Å². The number of carbonyl (C=O) groups is 1. The summed E-state index contributed by atoms with van der Waals surface area (Å²) in [6.07, 6.45) is 19.2. The smallest absolute Gasteiger partial charge is 0.335 e. The first-order chi connectivity index (χ1) is 14.6. The molecule has 3 rings (SSSR count). The summed E-state index contributed by atoms with van der Waals surface area (Å²) in [5.74, 6) is -0.912. The quantitative estimate of drug-likeness (QED) is 0.601. The number of aromatic carboxylic acids is 1. The SMILES string of the molecule is CC1(C)/C=C/C(/C=C/c2ccc(C(=O)O)cc2)=C(Cn2cccn2)\C=C\C(C)(C)CC1. The van der Waals surface area contributed by atoms with Crippen molar-refractivity contribution in [3.8, 4) is 0 Å². The number of carboxylic acids is 1. The van der Waals surface area contributed by atoms with E-state index in [-0.39, 0.29) is 10.8 Å². The van der Waals surface area contributed by atoms with Crippen LogP contribution in [0.25, 0.3) is 6.08 Å². The van der Waals surface area contributed by atoms with Crippen LogP contribution in [-0.4, -0.2) is 20.9 Å². The molecule has 1 heterocycles. The molecule has 0 saturated heterocycles. The number of rotatable bonds is 5. The van der Waals surface area contributed by atoms with Crippen LogP contribution in [0.4, 0.5) is 0 Å². The summed E-state index contributed by atoms with van der Waals surface area (Å²) in [6, 6.07) is 8.87. The standard InChI is InChI=1S/C27H32N2O2/c1-26(2)14-12-22(9-6-21-7-10-23(11-8-21)25(30)31)24(20-29-19-5-18-28-29)13-15-27(3,4)17-16-26/h5-15,18-19H,16-17,20H2,1-4H3,(H,30,31)/b9-6+,14-12+,15-13+,24-22+. The van der Waals surface area contributed by atoms with Crippen molar-refractivity contribution in [2.24, 2.45) is 10.8 Å². The highest BCUT2D eigenvalue weighted by molar-refractivity contribution is 5.87. The zero-order chi connectivity index (χ0) is 22.5. The second-order valence-electron chi connectivity index (χ2n) is 9.59. The predicted molar refractivity (Wildman–Crippen MR) is 127 cm³/mol. The molecule has 0 unspecified atom stereocenters. The van der Waals surface area contributed by atoms with E-state index < -0.39 is 5.97 Å². The molecule has 0 spiro atoms. The average molecular weight is 417 g/mol. The van der Waals surface area contributed by atoms with Crippen molar-refractivity contribution < 1.29 is 9.90 Å². The summed E-state index contributed by atoms with van der Waals surface area (Å²) >= 11 is 0. The molecule has 1 N–H and O–H groups in total. The molecule has 1 aliphatic carbocycles. The molecule has 2 aromatic rings. The average Bonchev–Trinajstić information content (AvgIpc) is 3.23. The first kappa shape index (κ1) is 22.5. The van der Waals surface area contributed by atoms with Gasteiger partial charge in [0.1, 0.15) is 0 Å². The van der Waals surface area contributed by atoms with Gasteiger partial charge in [-0.3, -0.25) is 4.68 Å². The third-order valence-corrected chi connectivity index (χ3v) is 5.74. The molecule has 4 heteroatoms. The number of nitrogens with zero attached hydrogens (tertiary/aromatic N) is 2. The fourth-order valence-electron chi connectivity index (χ4n) is 3.45. The van der Waals surface area contributed by atoms with Crippen molar-refractivity contribution in [1.29, 1.82) is 0 Å². The van der Waals surface area contributed by atoms with Gasteiger partial charge in [0.05, 0.1) is 12.1 Å². The van der Waals surface area contributed by atoms with Crippen molar-refractivity contribution in [3.63, 3.8) is 0 Å². The molecule has 1 aromatic carbocycles. The van der Waals surface area contributed by atoms with Crippen molar-refractivity contribution in [2.45, 2.75) is 47.1 Å². The van der Waals surface area contributed by atoms with Crippen molar-refractivity contribution in [1.82, 2.24) is 9.78 Å². The first-order valence-corrected chi connectivity index (χ1v) is 10.7. The van der Waals surface area contributed by atoms with Gasteiger partial charge in [-0.15, -0.1) is 0 Å². The van der Waals surface area contributed by atoms with Gasteiger partial charge in [0.15, 0.2) is 0 Å². The van der Waals surface area contributed by atoms with Crippen molar-refractivity contribution in [3.05, 3.63) is 95.4 Å². The molecule has 0 fully saturated rings. The van der Waals surface area contributed by atoms with Crippen molar-refractivity contribution in [2.75, 3.05) is 0 Å². The van der Waals surface area contributed by atoms with Crippen LogP contribution < -0.4 is 0 Å². The Kier molecular flexibility index (Phi) is 6.79. The Labute approximate surface area is 185 Å². The summed E-state index contributed by atoms with van der Waals surface area (Å²) in [4.78, 5) is 11.1. The highest BCUT2D eigenvalue weighted by Gasteiger charge is 2.22. The van der Waals surface area contributed by atoms with E-state index in [0.717, 1.165) is 24.0 Å². The molecular weight excluding hydrogens is 384 g/mol. The van der Waals surface area contributed by atoms with Gasteiger partial charge in [-0.1, -0.05) is 76.3 Å². The monoisotopic (exact) mass is 416 g/mol. The van der Waals surface area contributed by atoms with E-state index in [1.807, 2.05) is 35.2 Å². The van der Waals surface area contributed by atoms with Crippen molar-refractivity contribution >= 4 is 12.0 Å². The Morgan fingerprint density at radius 1 is 1.03 bits per heavy atom. The molecule has 0 radical (unpaired) electrons. The van der Waals surface area contributed by atoms with Gasteiger partial charge in [0.25, 0.3) is 0 Å². The fourth-order valence-corrected chi connectivity index (χ4v) is 3.45. The minimum Gasteiger partial charge on any atom is -0.478 e. The Balaban J connectivity index is 2.04. The van der Waals surface area contributed by atoms with E-state index >= 15 is 0 Å². The van der Waals surface area contributed by atoms with Gasteiger partial charge >= 0.3 is 5.97 Å². The van der Waals surface area contributed by atoms with E-state index in [1.54, 1.807) is 18.3 Å². The third-order valence-electron chi connectivity index (χ3n) is 5.74. The van der Waals surface area contributed by atoms with Gasteiger partial charge in [-0.25, -0.2) is 4.79 Å². The minimum atomic E-state index is -0.912. The first-order valence-electron chi connectivity index (χ1n) is 10.7. The Morgan fingerprint density at radius 3 is 2.26 bits per heavy atom. The van der Waals surface area contributed by atoms with Crippen LogP contribution in [-0.2, 0) is 6.54 Å². The van der Waals surface area contributed by atoms with Crippen LogP contribution in [0, 0.1) is 10.8 Å². The number of hydrogen-bond acceptors (Lipinski definition) is 2. The lowest BCUT2D eigenvalue weighted by molar-refractivity contribution is 0.0697. The molecule has 0 amide bonds.